The van der Waals surface area contributed by atoms with Crippen LogP contribution in [0.3, 0.4) is 0 Å². The highest BCUT2D eigenvalue weighted by atomic mass is 16.2. The van der Waals surface area contributed by atoms with E-state index in [2.05, 4.69) is 15.5 Å². The van der Waals surface area contributed by atoms with Crippen molar-refractivity contribution in [1.82, 2.24) is 10.2 Å². The molecular weight excluding hydrogens is 228 g/mol. The number of carbonyl (C=O) groups is 1. The van der Waals surface area contributed by atoms with Crippen LogP contribution < -0.4 is 11.1 Å². The normalized spacial score (nSPS) is 12.1. The fourth-order valence-electron chi connectivity index (χ4n) is 1.60. The molecule has 0 bridgehead atoms. The smallest absolute Gasteiger partial charge is 0.241 e. The monoisotopic (exact) mass is 244 g/mol. The van der Waals surface area contributed by atoms with E-state index in [1.54, 1.807) is 6.20 Å². The van der Waals surface area contributed by atoms with E-state index < -0.39 is 6.04 Å². The first-order valence-corrected chi connectivity index (χ1v) is 5.87. The summed E-state index contributed by atoms with van der Waals surface area (Å²) in [6, 6.07) is 8.94. The third-order valence-corrected chi connectivity index (χ3v) is 2.72. The average Bonchev–Trinajstić information content (AvgIpc) is 2.92. The fraction of sp³-hybridized carbons (Fsp3) is 0.231. The van der Waals surface area contributed by atoms with Gasteiger partial charge < -0.3 is 11.1 Å². The number of nitrogens with two attached hydrogens (primary N) is 1. The van der Waals surface area contributed by atoms with Crippen LogP contribution in [0.5, 0.6) is 0 Å². The minimum atomic E-state index is -0.471. The lowest BCUT2D eigenvalue weighted by Crippen LogP contribution is -2.34. The van der Waals surface area contributed by atoms with Gasteiger partial charge in [0.15, 0.2) is 0 Å². The van der Waals surface area contributed by atoms with E-state index in [1.807, 2.05) is 37.3 Å². The van der Waals surface area contributed by atoms with Crippen LogP contribution in [0.15, 0.2) is 36.5 Å². The van der Waals surface area contributed by atoms with Crippen LogP contribution in [-0.4, -0.2) is 22.1 Å². The molecule has 0 aliphatic rings. The summed E-state index contributed by atoms with van der Waals surface area (Å²) >= 11 is 0. The number of anilines is 1. The lowest BCUT2D eigenvalue weighted by atomic mass is 10.1. The van der Waals surface area contributed by atoms with E-state index in [-0.39, 0.29) is 5.91 Å². The lowest BCUT2D eigenvalue weighted by molar-refractivity contribution is -0.117. The van der Waals surface area contributed by atoms with Crippen molar-refractivity contribution in [3.63, 3.8) is 0 Å². The van der Waals surface area contributed by atoms with Gasteiger partial charge in [0, 0.05) is 17.4 Å². The molecule has 1 unspecified atom stereocenters. The number of nitrogens with zero attached hydrogens (tertiary/aromatic N) is 1. The number of hydrogen-bond acceptors (Lipinski definition) is 3. The van der Waals surface area contributed by atoms with Crippen LogP contribution in [0.25, 0.3) is 11.3 Å². The Bertz CT molecular complexity index is 522. The van der Waals surface area contributed by atoms with Gasteiger partial charge in [-0.2, -0.15) is 5.10 Å². The zero-order valence-electron chi connectivity index (χ0n) is 10.2. The van der Waals surface area contributed by atoms with Crippen molar-refractivity contribution < 1.29 is 4.79 Å². The fourth-order valence-corrected chi connectivity index (χ4v) is 1.60. The molecule has 18 heavy (non-hydrogen) atoms. The minimum absolute atomic E-state index is 0.167. The Hall–Kier alpha value is -2.14. The molecule has 94 valence electrons. The molecule has 5 nitrogen and oxygen atoms in total. The molecule has 0 fully saturated rings. The SMILES string of the molecule is CCC(N)C(=O)Nc1cccc(-c2ccn[nH]2)c1. The Morgan fingerprint density at radius 3 is 3.00 bits per heavy atom. The number of hydrogen-bond donors (Lipinski definition) is 3. The van der Waals surface area contributed by atoms with Gasteiger partial charge in [0.05, 0.1) is 11.7 Å². The summed E-state index contributed by atoms with van der Waals surface area (Å²) < 4.78 is 0. The Labute approximate surface area is 105 Å². The van der Waals surface area contributed by atoms with Crippen molar-refractivity contribution in [3.05, 3.63) is 36.5 Å². The number of benzene rings is 1. The topological polar surface area (TPSA) is 83.8 Å². The summed E-state index contributed by atoms with van der Waals surface area (Å²) in [5.41, 5.74) is 8.28. The summed E-state index contributed by atoms with van der Waals surface area (Å²) in [6.07, 6.45) is 2.31. The van der Waals surface area contributed by atoms with E-state index in [9.17, 15) is 4.79 Å². The van der Waals surface area contributed by atoms with Gasteiger partial charge in [-0.25, -0.2) is 0 Å². The van der Waals surface area contributed by atoms with Gasteiger partial charge >= 0.3 is 0 Å². The predicted molar refractivity (Wildman–Crippen MR) is 70.9 cm³/mol. The second-order valence-electron chi connectivity index (χ2n) is 4.06. The molecule has 1 amide bonds. The summed E-state index contributed by atoms with van der Waals surface area (Å²) in [7, 11) is 0. The van der Waals surface area contributed by atoms with Gasteiger partial charge in [-0.05, 0) is 24.6 Å². The molecule has 4 N–H and O–H groups in total. The zero-order valence-corrected chi connectivity index (χ0v) is 10.2. The molecule has 2 aromatic rings. The first-order chi connectivity index (χ1) is 8.70. The van der Waals surface area contributed by atoms with Crippen LogP contribution in [0, 0.1) is 0 Å². The highest BCUT2D eigenvalue weighted by molar-refractivity contribution is 5.95. The van der Waals surface area contributed by atoms with Gasteiger partial charge in [0.2, 0.25) is 5.91 Å². The third-order valence-electron chi connectivity index (χ3n) is 2.72. The lowest BCUT2D eigenvalue weighted by Gasteiger charge is -2.10. The number of aromatic nitrogens is 2. The molecule has 1 aromatic carbocycles. The molecule has 0 radical (unpaired) electrons. The second kappa shape index (κ2) is 5.46. The van der Waals surface area contributed by atoms with E-state index in [1.165, 1.54) is 0 Å². The molecule has 5 heteroatoms. The van der Waals surface area contributed by atoms with Crippen LogP contribution in [-0.2, 0) is 4.79 Å². The number of carbonyl (C=O) groups excluding carboxylic acids is 1. The number of aromatic amines is 1. The quantitative estimate of drug-likeness (QED) is 0.766. The molecule has 1 atom stereocenters. The molecule has 0 spiro atoms. The Morgan fingerprint density at radius 2 is 2.33 bits per heavy atom. The van der Waals surface area contributed by atoms with Crippen LogP contribution in [0.2, 0.25) is 0 Å². The maximum absolute atomic E-state index is 11.7. The number of amides is 1. The first kappa shape index (κ1) is 12.3. The zero-order chi connectivity index (χ0) is 13.0. The summed E-state index contributed by atoms with van der Waals surface area (Å²) in [5, 5.41) is 9.58. The van der Waals surface area contributed by atoms with Crippen molar-refractivity contribution >= 4 is 11.6 Å². The van der Waals surface area contributed by atoms with Gasteiger partial charge in [0.25, 0.3) is 0 Å². The van der Waals surface area contributed by atoms with Crippen molar-refractivity contribution in [1.29, 1.82) is 0 Å². The summed E-state index contributed by atoms with van der Waals surface area (Å²) in [5.74, 6) is -0.167. The number of nitrogens with one attached hydrogen (secondary N) is 2. The first-order valence-electron chi connectivity index (χ1n) is 5.87. The molecule has 0 aliphatic carbocycles. The van der Waals surface area contributed by atoms with Gasteiger partial charge in [-0.1, -0.05) is 19.1 Å². The average molecular weight is 244 g/mol. The molecule has 1 heterocycles. The molecule has 0 saturated carbocycles. The highest BCUT2D eigenvalue weighted by Crippen LogP contribution is 2.20. The minimum Gasteiger partial charge on any atom is -0.325 e. The number of H-pyrrole nitrogens is 1. The van der Waals surface area contributed by atoms with Crippen LogP contribution in [0.1, 0.15) is 13.3 Å². The summed E-state index contributed by atoms with van der Waals surface area (Å²) in [4.78, 5) is 11.7. The standard InChI is InChI=1S/C13H16N4O/c1-2-11(14)13(18)16-10-5-3-4-9(8-10)12-6-7-15-17-12/h3-8,11H,2,14H2,1H3,(H,15,17)(H,16,18). The molecule has 0 saturated heterocycles. The van der Waals surface area contributed by atoms with Crippen LogP contribution >= 0.6 is 0 Å². The second-order valence-corrected chi connectivity index (χ2v) is 4.06. The van der Waals surface area contributed by atoms with Gasteiger partial charge in [-0.3, -0.25) is 9.89 Å². The van der Waals surface area contributed by atoms with E-state index >= 15 is 0 Å². The van der Waals surface area contributed by atoms with Crippen molar-refractivity contribution in [3.8, 4) is 11.3 Å². The highest BCUT2D eigenvalue weighted by Gasteiger charge is 2.11. The van der Waals surface area contributed by atoms with E-state index in [0.717, 1.165) is 16.9 Å². The van der Waals surface area contributed by atoms with E-state index in [0.29, 0.717) is 6.42 Å². The molecule has 1 aromatic heterocycles. The maximum Gasteiger partial charge on any atom is 0.241 e. The third kappa shape index (κ3) is 2.75. The van der Waals surface area contributed by atoms with Crippen molar-refractivity contribution in [2.45, 2.75) is 19.4 Å². The Balaban J connectivity index is 2.16. The van der Waals surface area contributed by atoms with Gasteiger partial charge in [-0.15, -0.1) is 0 Å². The van der Waals surface area contributed by atoms with Crippen molar-refractivity contribution in [2.24, 2.45) is 5.73 Å². The largest absolute Gasteiger partial charge is 0.325 e. The van der Waals surface area contributed by atoms with Crippen LogP contribution in [0.4, 0.5) is 5.69 Å². The Morgan fingerprint density at radius 1 is 1.50 bits per heavy atom. The number of rotatable bonds is 4. The molecule has 2 rings (SSSR count). The van der Waals surface area contributed by atoms with E-state index in [4.69, 9.17) is 5.73 Å². The van der Waals surface area contributed by atoms with Gasteiger partial charge in [0.1, 0.15) is 0 Å². The predicted octanol–water partition coefficient (Wildman–Crippen LogP) is 1.75. The summed E-state index contributed by atoms with van der Waals surface area (Å²) in [6.45, 7) is 1.88. The van der Waals surface area contributed by atoms with Crippen molar-refractivity contribution in [2.75, 3.05) is 5.32 Å². The Kier molecular flexibility index (Phi) is 3.74. The molecular formula is C13H16N4O. The molecule has 0 aliphatic heterocycles. The maximum atomic E-state index is 11.7.